The van der Waals surface area contributed by atoms with Crippen molar-refractivity contribution in [2.45, 2.75) is 12.3 Å². The van der Waals surface area contributed by atoms with Crippen LogP contribution in [0.3, 0.4) is 0 Å². The monoisotopic (exact) mass is 366 g/mol. The Morgan fingerprint density at radius 2 is 1.76 bits per heavy atom. The lowest BCUT2D eigenvalue weighted by molar-refractivity contribution is -0.139. The summed E-state index contributed by atoms with van der Waals surface area (Å²) in [7, 11) is -3.71. The maximum absolute atomic E-state index is 12.4. The smallest absolute Gasteiger partial charge is 0.277 e. The summed E-state index contributed by atoms with van der Waals surface area (Å²) in [6.07, 6.45) is 0.413. The fourth-order valence-corrected chi connectivity index (χ4v) is 4.00. The van der Waals surface area contributed by atoms with Gasteiger partial charge in [0, 0.05) is 45.1 Å². The van der Waals surface area contributed by atoms with Crippen LogP contribution < -0.4 is 5.14 Å². The lowest BCUT2D eigenvalue weighted by atomic mass is 9.99. The van der Waals surface area contributed by atoms with E-state index in [4.69, 9.17) is 5.14 Å². The molecule has 2 amide bonds. The van der Waals surface area contributed by atoms with Crippen LogP contribution in [0, 0.1) is 0 Å². The van der Waals surface area contributed by atoms with Crippen LogP contribution in [0.2, 0.25) is 0 Å². The number of rotatable bonds is 4. The Morgan fingerprint density at radius 3 is 2.36 bits per heavy atom. The van der Waals surface area contributed by atoms with Crippen molar-refractivity contribution in [1.29, 1.82) is 0 Å². The molecule has 1 aromatic rings. The van der Waals surface area contributed by atoms with E-state index in [1.165, 1.54) is 0 Å². The first-order valence-corrected chi connectivity index (χ1v) is 9.73. The fraction of sp³-hybridized carbons (Fsp3) is 0.500. The van der Waals surface area contributed by atoms with E-state index < -0.39 is 10.2 Å². The highest BCUT2D eigenvalue weighted by Crippen LogP contribution is 2.27. The van der Waals surface area contributed by atoms with Crippen LogP contribution in [-0.2, 0) is 19.8 Å². The summed E-state index contributed by atoms with van der Waals surface area (Å²) in [5, 5.41) is 5.09. The number of nitrogens with zero attached hydrogens (tertiary/aromatic N) is 3. The van der Waals surface area contributed by atoms with E-state index in [2.05, 4.69) is 0 Å². The number of nitrogens with two attached hydrogens (primary N) is 1. The normalized spacial score (nSPS) is 22.4. The van der Waals surface area contributed by atoms with E-state index in [0.29, 0.717) is 26.1 Å². The zero-order chi connectivity index (χ0) is 18.0. The molecule has 8 nitrogen and oxygen atoms in total. The zero-order valence-corrected chi connectivity index (χ0v) is 14.7. The Labute approximate surface area is 147 Å². The molecule has 0 aromatic heterocycles. The van der Waals surface area contributed by atoms with E-state index in [1.54, 1.807) is 9.80 Å². The van der Waals surface area contributed by atoms with Crippen molar-refractivity contribution in [1.82, 2.24) is 14.1 Å². The van der Waals surface area contributed by atoms with Crippen LogP contribution in [0.15, 0.2) is 30.3 Å². The minimum atomic E-state index is -3.71. The Balaban J connectivity index is 1.54. The molecule has 2 fully saturated rings. The Morgan fingerprint density at radius 1 is 1.12 bits per heavy atom. The molecule has 1 aromatic carbocycles. The summed E-state index contributed by atoms with van der Waals surface area (Å²) >= 11 is 0. The van der Waals surface area contributed by atoms with Gasteiger partial charge in [0.1, 0.15) is 0 Å². The van der Waals surface area contributed by atoms with Gasteiger partial charge in [-0.05, 0) is 5.56 Å². The van der Waals surface area contributed by atoms with E-state index >= 15 is 0 Å². The first-order valence-electron chi connectivity index (χ1n) is 8.23. The van der Waals surface area contributed by atoms with Gasteiger partial charge in [0.15, 0.2) is 0 Å². The molecule has 0 saturated carbocycles. The highest BCUT2D eigenvalue weighted by Gasteiger charge is 2.33. The molecule has 25 heavy (non-hydrogen) atoms. The SMILES string of the molecule is NS(=O)(=O)N1CCN(C(=O)CN2CC(c3ccccc3)CC2=O)CC1. The molecular formula is C16H22N4O4S. The molecule has 2 aliphatic heterocycles. The van der Waals surface area contributed by atoms with Crippen LogP contribution in [0.25, 0.3) is 0 Å². The summed E-state index contributed by atoms with van der Waals surface area (Å²) in [6.45, 7) is 1.53. The van der Waals surface area contributed by atoms with Crippen molar-refractivity contribution in [2.75, 3.05) is 39.3 Å². The first kappa shape index (κ1) is 17.8. The van der Waals surface area contributed by atoms with Gasteiger partial charge in [0.25, 0.3) is 10.2 Å². The quantitative estimate of drug-likeness (QED) is 0.765. The predicted octanol–water partition coefficient (Wildman–Crippen LogP) is -0.650. The molecule has 9 heteroatoms. The average molecular weight is 366 g/mol. The number of hydrogen-bond acceptors (Lipinski definition) is 4. The number of amides is 2. The third-order valence-corrected chi connectivity index (χ3v) is 5.85. The third kappa shape index (κ3) is 4.17. The van der Waals surface area contributed by atoms with Crippen LogP contribution in [0.5, 0.6) is 0 Å². The van der Waals surface area contributed by atoms with E-state index in [-0.39, 0.29) is 37.4 Å². The molecule has 2 heterocycles. The van der Waals surface area contributed by atoms with Crippen molar-refractivity contribution >= 4 is 22.0 Å². The molecule has 1 atom stereocenters. The first-order chi connectivity index (χ1) is 11.8. The summed E-state index contributed by atoms with van der Waals surface area (Å²) in [5.41, 5.74) is 1.10. The minimum Gasteiger partial charge on any atom is -0.339 e. The number of benzene rings is 1. The average Bonchev–Trinajstić information content (AvgIpc) is 2.96. The van der Waals surface area contributed by atoms with Crippen molar-refractivity contribution in [2.24, 2.45) is 5.14 Å². The second kappa shape index (κ2) is 7.11. The van der Waals surface area contributed by atoms with Gasteiger partial charge < -0.3 is 9.80 Å². The predicted molar refractivity (Wildman–Crippen MR) is 91.6 cm³/mol. The second-order valence-electron chi connectivity index (χ2n) is 6.41. The lowest BCUT2D eigenvalue weighted by Gasteiger charge is -2.33. The molecule has 3 rings (SSSR count). The minimum absolute atomic E-state index is 0.0228. The van der Waals surface area contributed by atoms with Crippen molar-refractivity contribution < 1.29 is 18.0 Å². The molecule has 2 aliphatic rings. The van der Waals surface area contributed by atoms with Crippen LogP contribution >= 0.6 is 0 Å². The van der Waals surface area contributed by atoms with Crippen molar-refractivity contribution in [3.05, 3.63) is 35.9 Å². The van der Waals surface area contributed by atoms with Gasteiger partial charge in [-0.2, -0.15) is 12.7 Å². The molecule has 1 unspecified atom stereocenters. The summed E-state index contributed by atoms with van der Waals surface area (Å²) in [5.74, 6) is -0.0674. The van der Waals surface area contributed by atoms with Gasteiger partial charge in [0.05, 0.1) is 6.54 Å². The van der Waals surface area contributed by atoms with E-state index in [9.17, 15) is 18.0 Å². The number of likely N-dealkylation sites (tertiary alicyclic amines) is 1. The molecule has 136 valence electrons. The molecular weight excluding hydrogens is 344 g/mol. The van der Waals surface area contributed by atoms with Gasteiger partial charge in [0.2, 0.25) is 11.8 Å². The van der Waals surface area contributed by atoms with Crippen LogP contribution in [0.1, 0.15) is 17.9 Å². The third-order valence-electron chi connectivity index (χ3n) is 4.76. The number of carbonyl (C=O) groups excluding carboxylic acids is 2. The topological polar surface area (TPSA) is 104 Å². The molecule has 0 aliphatic carbocycles. The molecule has 2 N–H and O–H groups in total. The van der Waals surface area contributed by atoms with E-state index in [1.807, 2.05) is 30.3 Å². The van der Waals surface area contributed by atoms with Crippen molar-refractivity contribution in [3.8, 4) is 0 Å². The van der Waals surface area contributed by atoms with E-state index in [0.717, 1.165) is 9.87 Å². The van der Waals surface area contributed by atoms with Gasteiger partial charge in [-0.15, -0.1) is 0 Å². The molecule has 0 spiro atoms. The molecule has 0 bridgehead atoms. The van der Waals surface area contributed by atoms with Crippen LogP contribution in [0.4, 0.5) is 0 Å². The van der Waals surface area contributed by atoms with Gasteiger partial charge in [-0.25, -0.2) is 5.14 Å². The highest BCUT2D eigenvalue weighted by atomic mass is 32.2. The summed E-state index contributed by atoms with van der Waals surface area (Å²) in [4.78, 5) is 27.8. The zero-order valence-electron chi connectivity index (χ0n) is 13.9. The van der Waals surface area contributed by atoms with Crippen molar-refractivity contribution in [3.63, 3.8) is 0 Å². The molecule has 2 saturated heterocycles. The Hall–Kier alpha value is -1.97. The summed E-state index contributed by atoms with van der Waals surface area (Å²) in [6, 6.07) is 9.81. The lowest BCUT2D eigenvalue weighted by Crippen LogP contribution is -2.54. The number of carbonyl (C=O) groups is 2. The Kier molecular flexibility index (Phi) is 5.07. The summed E-state index contributed by atoms with van der Waals surface area (Å²) < 4.78 is 23.8. The Bertz CT molecular complexity index is 745. The standard InChI is InChI=1S/C16H22N4O4S/c17-25(23,24)20-8-6-18(7-9-20)16(22)12-19-11-14(10-15(19)21)13-4-2-1-3-5-13/h1-5,14H,6-12H2,(H2,17,23,24). The maximum atomic E-state index is 12.4. The fourth-order valence-electron chi connectivity index (χ4n) is 3.33. The van der Waals surface area contributed by atoms with Gasteiger partial charge in [-0.3, -0.25) is 9.59 Å². The van der Waals surface area contributed by atoms with Gasteiger partial charge in [-0.1, -0.05) is 30.3 Å². The second-order valence-corrected chi connectivity index (χ2v) is 7.96. The maximum Gasteiger partial charge on any atom is 0.277 e. The largest absolute Gasteiger partial charge is 0.339 e. The number of piperazine rings is 1. The van der Waals surface area contributed by atoms with Gasteiger partial charge >= 0.3 is 0 Å². The molecule has 0 radical (unpaired) electrons. The number of hydrogen-bond donors (Lipinski definition) is 1. The van der Waals surface area contributed by atoms with Crippen LogP contribution in [-0.4, -0.2) is 73.6 Å². The highest BCUT2D eigenvalue weighted by molar-refractivity contribution is 7.86.